The Morgan fingerprint density at radius 2 is 1.68 bits per heavy atom. The fourth-order valence-corrected chi connectivity index (χ4v) is 3.81. The molecule has 8 heteroatoms. The van der Waals surface area contributed by atoms with Gasteiger partial charge in [-0.15, -0.1) is 0 Å². The predicted octanol–water partition coefficient (Wildman–Crippen LogP) is 2.49. The third kappa shape index (κ3) is 8.37. The number of hydrogen-bond acceptors (Lipinski definition) is 5. The maximum atomic E-state index is 12.0. The van der Waals surface area contributed by atoms with E-state index in [1.165, 1.54) is 0 Å². The fraction of sp³-hybridized carbons (Fsp3) is 0.941. The number of rotatable bonds is 5. The van der Waals surface area contributed by atoms with E-state index in [2.05, 4.69) is 30.4 Å². The van der Waals surface area contributed by atoms with Crippen LogP contribution in [0.4, 0.5) is 4.79 Å². The second-order valence-corrected chi connectivity index (χ2v) is 10.4. The zero-order valence-corrected chi connectivity index (χ0v) is 17.5. The van der Waals surface area contributed by atoms with Crippen LogP contribution >= 0.6 is 0 Å². The molecule has 1 atom stereocenters. The van der Waals surface area contributed by atoms with Gasteiger partial charge in [-0.2, -0.15) is 13.1 Å². The van der Waals surface area contributed by atoms with Gasteiger partial charge in [0.05, 0.1) is 0 Å². The zero-order chi connectivity index (χ0) is 19.5. The Morgan fingerprint density at radius 1 is 1.16 bits per heavy atom. The van der Waals surface area contributed by atoms with Crippen LogP contribution in [0.25, 0.3) is 0 Å². The maximum absolute atomic E-state index is 12.0. The lowest BCUT2D eigenvalue weighted by Gasteiger charge is -2.42. The molecule has 7 nitrogen and oxygen atoms in total. The number of amides is 1. The average molecular weight is 378 g/mol. The Labute approximate surface area is 153 Å². The van der Waals surface area contributed by atoms with E-state index in [9.17, 15) is 13.2 Å². The van der Waals surface area contributed by atoms with Crippen molar-refractivity contribution in [1.82, 2.24) is 14.3 Å². The number of hydrogen-bond donors (Lipinski definition) is 2. The molecule has 1 aliphatic rings. The topological polar surface area (TPSA) is 87.7 Å². The smallest absolute Gasteiger partial charge is 0.422 e. The number of piperidine rings is 1. The highest BCUT2D eigenvalue weighted by molar-refractivity contribution is 7.88. The van der Waals surface area contributed by atoms with Gasteiger partial charge in [0.1, 0.15) is 5.60 Å². The standard InChI is InChI=1S/C17H35N3O4S/c1-13(14-8-10-20(11-9-14)16(2,3)4)12-18-25(22,23)19-15(21)24-17(5,6)7/h13-14,18H,8-12H2,1-7H3,(H,19,21). The SMILES string of the molecule is CC(CNS(=O)(=O)NC(=O)OC(C)(C)C)C1CCN(C(C)(C)C)CC1. The van der Waals surface area contributed by atoms with Gasteiger partial charge in [0.15, 0.2) is 0 Å². The summed E-state index contributed by atoms with van der Waals surface area (Å²) < 4.78 is 33.2. The summed E-state index contributed by atoms with van der Waals surface area (Å²) in [6.07, 6.45) is 1.14. The second-order valence-electron chi connectivity index (χ2n) is 8.93. The van der Waals surface area contributed by atoms with E-state index >= 15 is 0 Å². The molecule has 0 aromatic heterocycles. The molecule has 25 heavy (non-hydrogen) atoms. The molecule has 0 radical (unpaired) electrons. The van der Waals surface area contributed by atoms with Gasteiger partial charge < -0.3 is 4.74 Å². The highest BCUT2D eigenvalue weighted by Gasteiger charge is 2.30. The van der Waals surface area contributed by atoms with Crippen molar-refractivity contribution in [2.75, 3.05) is 19.6 Å². The number of nitrogens with zero attached hydrogens (tertiary/aromatic N) is 1. The first kappa shape index (κ1) is 22.2. The summed E-state index contributed by atoms with van der Waals surface area (Å²) in [6.45, 7) is 16.1. The minimum Gasteiger partial charge on any atom is -0.443 e. The molecular weight excluding hydrogens is 342 g/mol. The van der Waals surface area contributed by atoms with Gasteiger partial charge in [0.2, 0.25) is 0 Å². The lowest BCUT2D eigenvalue weighted by Crippen LogP contribution is -2.48. The Hall–Kier alpha value is -0.860. The van der Waals surface area contributed by atoms with Crippen LogP contribution in [0.15, 0.2) is 0 Å². The van der Waals surface area contributed by atoms with Crippen LogP contribution in [-0.2, 0) is 14.9 Å². The van der Waals surface area contributed by atoms with Crippen molar-refractivity contribution < 1.29 is 17.9 Å². The summed E-state index contributed by atoms with van der Waals surface area (Å²) in [6, 6.07) is 0. The summed E-state index contributed by atoms with van der Waals surface area (Å²) in [5, 5.41) is 0. The molecule has 1 saturated heterocycles. The van der Waals surface area contributed by atoms with Crippen LogP contribution < -0.4 is 9.44 Å². The first-order valence-electron chi connectivity index (χ1n) is 8.95. The molecule has 148 valence electrons. The average Bonchev–Trinajstić information content (AvgIpc) is 2.41. The Bertz CT molecular complexity index is 541. The minimum absolute atomic E-state index is 0.174. The maximum Gasteiger partial charge on any atom is 0.422 e. The third-order valence-electron chi connectivity index (χ3n) is 4.50. The number of likely N-dealkylation sites (tertiary alicyclic amines) is 1. The van der Waals surface area contributed by atoms with E-state index in [0.29, 0.717) is 12.5 Å². The van der Waals surface area contributed by atoms with Gasteiger partial charge in [0.25, 0.3) is 0 Å². The summed E-state index contributed by atoms with van der Waals surface area (Å²) >= 11 is 0. The fourth-order valence-electron chi connectivity index (χ4n) is 2.99. The van der Waals surface area contributed by atoms with Crippen molar-refractivity contribution in [2.45, 2.75) is 72.4 Å². The molecule has 0 saturated carbocycles. The van der Waals surface area contributed by atoms with Gasteiger partial charge in [-0.3, -0.25) is 4.90 Å². The summed E-state index contributed by atoms with van der Waals surface area (Å²) in [5.41, 5.74) is -0.568. The van der Waals surface area contributed by atoms with Gasteiger partial charge in [-0.25, -0.2) is 9.52 Å². The van der Waals surface area contributed by atoms with Crippen molar-refractivity contribution >= 4 is 16.3 Å². The Balaban J connectivity index is 2.43. The Kier molecular flexibility index (Phi) is 7.30. The van der Waals surface area contributed by atoms with Crippen molar-refractivity contribution in [2.24, 2.45) is 11.8 Å². The molecule has 2 N–H and O–H groups in total. The van der Waals surface area contributed by atoms with Crippen LogP contribution in [0.1, 0.15) is 61.3 Å². The van der Waals surface area contributed by atoms with Gasteiger partial charge in [0, 0.05) is 12.1 Å². The molecule has 0 aliphatic carbocycles. The van der Waals surface area contributed by atoms with Crippen molar-refractivity contribution in [3.05, 3.63) is 0 Å². The van der Waals surface area contributed by atoms with E-state index in [1.54, 1.807) is 20.8 Å². The zero-order valence-electron chi connectivity index (χ0n) is 16.7. The van der Waals surface area contributed by atoms with E-state index in [4.69, 9.17) is 4.74 Å². The molecule has 1 heterocycles. The molecule has 0 aromatic carbocycles. The van der Waals surface area contributed by atoms with Crippen molar-refractivity contribution in [3.63, 3.8) is 0 Å². The van der Waals surface area contributed by atoms with Crippen LogP contribution in [0.2, 0.25) is 0 Å². The quantitative estimate of drug-likeness (QED) is 0.768. The highest BCUT2D eigenvalue weighted by atomic mass is 32.2. The predicted molar refractivity (Wildman–Crippen MR) is 99.5 cm³/mol. The summed E-state index contributed by atoms with van der Waals surface area (Å²) in [5.74, 6) is 0.681. The summed E-state index contributed by atoms with van der Waals surface area (Å²) in [7, 11) is -3.91. The van der Waals surface area contributed by atoms with Crippen molar-refractivity contribution in [3.8, 4) is 0 Å². The van der Waals surface area contributed by atoms with Crippen LogP contribution in [-0.4, -0.2) is 50.2 Å². The largest absolute Gasteiger partial charge is 0.443 e. The molecular formula is C17H35N3O4S. The van der Waals surface area contributed by atoms with E-state index in [0.717, 1.165) is 25.9 Å². The molecule has 1 rings (SSSR count). The highest BCUT2D eigenvalue weighted by Crippen LogP contribution is 2.28. The molecule has 1 amide bonds. The Morgan fingerprint density at radius 3 is 2.12 bits per heavy atom. The number of ether oxygens (including phenoxy) is 1. The third-order valence-corrected chi connectivity index (χ3v) is 5.49. The lowest BCUT2D eigenvalue weighted by atomic mass is 9.84. The van der Waals surface area contributed by atoms with Crippen LogP contribution in [0.3, 0.4) is 0 Å². The molecule has 0 aromatic rings. The number of nitrogens with one attached hydrogen (secondary N) is 2. The number of carbonyl (C=O) groups excluding carboxylic acids is 1. The molecule has 1 fully saturated rings. The molecule has 0 spiro atoms. The molecule has 1 aliphatic heterocycles. The normalized spacial score (nSPS) is 19.5. The van der Waals surface area contributed by atoms with Gasteiger partial charge in [-0.05, 0) is 79.3 Å². The first-order valence-corrected chi connectivity index (χ1v) is 10.4. The van der Waals surface area contributed by atoms with E-state index in [1.807, 2.05) is 11.6 Å². The first-order chi connectivity index (χ1) is 11.2. The monoisotopic (exact) mass is 377 g/mol. The van der Waals surface area contributed by atoms with Crippen LogP contribution in [0, 0.1) is 11.8 Å². The van der Waals surface area contributed by atoms with Crippen LogP contribution in [0.5, 0.6) is 0 Å². The molecule has 0 bridgehead atoms. The van der Waals surface area contributed by atoms with E-state index < -0.39 is 21.9 Å². The number of carbonyl (C=O) groups is 1. The van der Waals surface area contributed by atoms with Gasteiger partial charge >= 0.3 is 16.3 Å². The van der Waals surface area contributed by atoms with Crippen molar-refractivity contribution in [1.29, 1.82) is 0 Å². The lowest BCUT2D eigenvalue weighted by molar-refractivity contribution is 0.0569. The molecule has 1 unspecified atom stereocenters. The summed E-state index contributed by atoms with van der Waals surface area (Å²) in [4.78, 5) is 14.1. The minimum atomic E-state index is -3.91. The van der Waals surface area contributed by atoms with Gasteiger partial charge in [-0.1, -0.05) is 6.92 Å². The van der Waals surface area contributed by atoms with E-state index in [-0.39, 0.29) is 11.5 Å². The second kappa shape index (κ2) is 8.22.